The van der Waals surface area contributed by atoms with E-state index in [9.17, 15) is 14.0 Å². The summed E-state index contributed by atoms with van der Waals surface area (Å²) in [5.74, 6) is -0.608. The van der Waals surface area contributed by atoms with Gasteiger partial charge in [0.05, 0.1) is 22.5 Å². The van der Waals surface area contributed by atoms with E-state index in [2.05, 4.69) is 9.97 Å². The highest BCUT2D eigenvalue weighted by molar-refractivity contribution is 5.94. The maximum absolute atomic E-state index is 14.3. The number of aromatic nitrogens is 2. The van der Waals surface area contributed by atoms with Crippen LogP contribution in [0.25, 0.3) is 10.9 Å². The van der Waals surface area contributed by atoms with Gasteiger partial charge >= 0.3 is 0 Å². The summed E-state index contributed by atoms with van der Waals surface area (Å²) in [5.41, 5.74) is 5.85. The second-order valence-corrected chi connectivity index (χ2v) is 7.33. The van der Waals surface area contributed by atoms with Crippen molar-refractivity contribution in [3.05, 3.63) is 76.1 Å². The average Bonchev–Trinajstić information content (AvgIpc) is 2.76. The van der Waals surface area contributed by atoms with Crippen molar-refractivity contribution in [3.63, 3.8) is 0 Å². The molecule has 0 saturated carbocycles. The van der Waals surface area contributed by atoms with E-state index >= 15 is 0 Å². The first-order valence-electron chi connectivity index (χ1n) is 10.3. The standard InChI is InChI=1S/C23H27FN4O2/c1-16(21-26-20-13-7-5-11-18(20)22(29)27-21)28(15-9-3-2-8-14-25)23(30)17-10-4-6-12-19(17)24/h4-7,10-13,16H,2-3,8-9,14-15,25H2,1H3,(H,26,27,29). The molecule has 0 aliphatic rings. The third-order valence-corrected chi connectivity index (χ3v) is 5.21. The predicted molar refractivity (Wildman–Crippen MR) is 116 cm³/mol. The predicted octanol–water partition coefficient (Wildman–Crippen LogP) is 3.78. The number of nitrogens with two attached hydrogens (primary N) is 1. The fraction of sp³-hybridized carbons (Fsp3) is 0.348. The fourth-order valence-electron chi connectivity index (χ4n) is 3.49. The summed E-state index contributed by atoms with van der Waals surface area (Å²) in [4.78, 5) is 34.6. The molecule has 1 unspecified atom stereocenters. The molecule has 0 radical (unpaired) electrons. The molecule has 0 fully saturated rings. The van der Waals surface area contributed by atoms with E-state index in [4.69, 9.17) is 5.73 Å². The third-order valence-electron chi connectivity index (χ3n) is 5.21. The molecule has 6 nitrogen and oxygen atoms in total. The Kier molecular flexibility index (Phi) is 7.30. The zero-order valence-electron chi connectivity index (χ0n) is 17.1. The monoisotopic (exact) mass is 410 g/mol. The van der Waals surface area contributed by atoms with Crippen molar-refractivity contribution >= 4 is 16.8 Å². The molecule has 1 aromatic heterocycles. The van der Waals surface area contributed by atoms with Crippen LogP contribution in [-0.2, 0) is 0 Å². The number of carbonyl (C=O) groups excluding carboxylic acids is 1. The molecule has 0 bridgehead atoms. The Bertz CT molecular complexity index is 1070. The average molecular weight is 410 g/mol. The summed E-state index contributed by atoms with van der Waals surface area (Å²) < 4.78 is 14.3. The van der Waals surface area contributed by atoms with Crippen LogP contribution in [-0.4, -0.2) is 33.9 Å². The molecule has 0 spiro atoms. The van der Waals surface area contributed by atoms with Crippen molar-refractivity contribution in [2.24, 2.45) is 5.73 Å². The van der Waals surface area contributed by atoms with Gasteiger partial charge in [0.2, 0.25) is 0 Å². The van der Waals surface area contributed by atoms with Crippen molar-refractivity contribution in [2.75, 3.05) is 13.1 Å². The van der Waals surface area contributed by atoms with Gasteiger partial charge in [-0.3, -0.25) is 9.59 Å². The fourth-order valence-corrected chi connectivity index (χ4v) is 3.49. The molecule has 1 atom stereocenters. The van der Waals surface area contributed by atoms with Crippen LogP contribution < -0.4 is 11.3 Å². The highest BCUT2D eigenvalue weighted by atomic mass is 19.1. The zero-order valence-corrected chi connectivity index (χ0v) is 17.1. The highest BCUT2D eigenvalue weighted by Crippen LogP contribution is 2.22. The molecule has 1 heterocycles. The largest absolute Gasteiger partial charge is 0.330 e. The lowest BCUT2D eigenvalue weighted by atomic mass is 10.1. The van der Waals surface area contributed by atoms with E-state index < -0.39 is 17.8 Å². The van der Waals surface area contributed by atoms with Gasteiger partial charge in [-0.1, -0.05) is 37.1 Å². The lowest BCUT2D eigenvalue weighted by Gasteiger charge is -2.29. The van der Waals surface area contributed by atoms with Crippen molar-refractivity contribution < 1.29 is 9.18 Å². The molecule has 158 valence electrons. The van der Waals surface area contributed by atoms with Gasteiger partial charge in [0, 0.05) is 6.54 Å². The molecule has 1 amide bonds. The van der Waals surface area contributed by atoms with E-state index in [-0.39, 0.29) is 11.1 Å². The number of hydrogen-bond acceptors (Lipinski definition) is 4. The molecule has 0 aliphatic heterocycles. The molecule has 3 aromatic rings. The number of halogens is 1. The summed E-state index contributed by atoms with van der Waals surface area (Å²) in [5, 5.41) is 0.488. The van der Waals surface area contributed by atoms with Crippen LogP contribution in [0.1, 0.15) is 54.8 Å². The lowest BCUT2D eigenvalue weighted by Crippen LogP contribution is -2.36. The van der Waals surface area contributed by atoms with Crippen molar-refractivity contribution in [1.82, 2.24) is 14.9 Å². The maximum Gasteiger partial charge on any atom is 0.258 e. The number of amides is 1. The Morgan fingerprint density at radius 2 is 1.80 bits per heavy atom. The molecule has 7 heteroatoms. The SMILES string of the molecule is CC(c1nc2ccccc2c(=O)[nH]1)N(CCCCCCN)C(=O)c1ccccc1F. The number of aromatic amines is 1. The number of rotatable bonds is 9. The quantitative estimate of drug-likeness (QED) is 0.525. The summed E-state index contributed by atoms with van der Waals surface area (Å²) in [6.45, 7) is 2.86. The van der Waals surface area contributed by atoms with Crippen molar-refractivity contribution in [3.8, 4) is 0 Å². The number of nitrogens with zero attached hydrogens (tertiary/aromatic N) is 2. The van der Waals surface area contributed by atoms with Crippen molar-refractivity contribution in [1.29, 1.82) is 0 Å². The smallest absolute Gasteiger partial charge is 0.258 e. The molecule has 0 saturated heterocycles. The van der Waals surface area contributed by atoms with Crippen LogP contribution in [0, 0.1) is 5.82 Å². The Morgan fingerprint density at radius 1 is 1.10 bits per heavy atom. The minimum absolute atomic E-state index is 0.00874. The molecular formula is C23H27FN4O2. The Balaban J connectivity index is 1.91. The summed E-state index contributed by atoms with van der Waals surface area (Å²) in [6, 6.07) is 12.5. The summed E-state index contributed by atoms with van der Waals surface area (Å²) in [6.07, 6.45) is 3.56. The van der Waals surface area contributed by atoms with E-state index in [1.807, 2.05) is 6.07 Å². The van der Waals surface area contributed by atoms with E-state index in [0.717, 1.165) is 25.7 Å². The molecule has 0 aliphatic carbocycles. The molecule has 3 rings (SSSR count). The first kappa shape index (κ1) is 21.6. The molecule has 2 aromatic carbocycles. The van der Waals surface area contributed by atoms with Gasteiger partial charge in [-0.2, -0.15) is 0 Å². The van der Waals surface area contributed by atoms with Gasteiger partial charge in [0.25, 0.3) is 11.5 Å². The van der Waals surface area contributed by atoms with Gasteiger partial charge in [-0.15, -0.1) is 0 Å². The first-order valence-corrected chi connectivity index (χ1v) is 10.3. The number of hydrogen-bond donors (Lipinski definition) is 2. The Labute approximate surface area is 174 Å². The van der Waals surface area contributed by atoms with Gasteiger partial charge in [-0.05, 0) is 50.6 Å². The number of para-hydroxylation sites is 1. The number of unbranched alkanes of at least 4 members (excludes halogenated alkanes) is 3. The summed E-state index contributed by atoms with van der Waals surface area (Å²) in [7, 11) is 0. The number of H-pyrrole nitrogens is 1. The number of carbonyl (C=O) groups is 1. The minimum atomic E-state index is -0.567. The zero-order chi connectivity index (χ0) is 21.5. The van der Waals surface area contributed by atoms with E-state index in [1.165, 1.54) is 12.1 Å². The maximum atomic E-state index is 14.3. The molecular weight excluding hydrogens is 383 g/mol. The van der Waals surface area contributed by atoms with Crippen molar-refractivity contribution in [2.45, 2.75) is 38.6 Å². The van der Waals surface area contributed by atoms with Crippen LogP contribution in [0.4, 0.5) is 4.39 Å². The normalized spacial score (nSPS) is 12.1. The van der Waals surface area contributed by atoms with E-state index in [1.54, 1.807) is 42.2 Å². The highest BCUT2D eigenvalue weighted by Gasteiger charge is 2.26. The van der Waals surface area contributed by atoms with E-state index in [0.29, 0.717) is 29.8 Å². The van der Waals surface area contributed by atoms with Crippen LogP contribution >= 0.6 is 0 Å². The van der Waals surface area contributed by atoms with Gasteiger partial charge in [0.1, 0.15) is 11.6 Å². The number of benzene rings is 2. The van der Waals surface area contributed by atoms with Gasteiger partial charge < -0.3 is 15.6 Å². The second-order valence-electron chi connectivity index (χ2n) is 7.33. The second kappa shape index (κ2) is 10.1. The summed E-state index contributed by atoms with van der Waals surface area (Å²) >= 11 is 0. The van der Waals surface area contributed by atoms with Gasteiger partial charge in [0.15, 0.2) is 0 Å². The first-order chi connectivity index (χ1) is 14.5. The molecule has 3 N–H and O–H groups in total. The van der Waals surface area contributed by atoms with Gasteiger partial charge in [-0.25, -0.2) is 9.37 Å². The van der Waals surface area contributed by atoms with Crippen LogP contribution in [0.15, 0.2) is 53.3 Å². The minimum Gasteiger partial charge on any atom is -0.330 e. The van der Waals surface area contributed by atoms with Crippen LogP contribution in [0.5, 0.6) is 0 Å². The van der Waals surface area contributed by atoms with Crippen LogP contribution in [0.2, 0.25) is 0 Å². The Hall–Kier alpha value is -3.06. The topological polar surface area (TPSA) is 92.1 Å². The van der Waals surface area contributed by atoms with Crippen LogP contribution in [0.3, 0.4) is 0 Å². The lowest BCUT2D eigenvalue weighted by molar-refractivity contribution is 0.0674. The third kappa shape index (κ3) is 4.91. The number of nitrogens with one attached hydrogen (secondary N) is 1. The Morgan fingerprint density at radius 3 is 2.57 bits per heavy atom. The molecule has 30 heavy (non-hydrogen) atoms. The number of fused-ring (bicyclic) bond motifs is 1.